The maximum absolute atomic E-state index is 13.8. The molecule has 2 aromatic carbocycles. The molecular formula is C16H12ClFN2O3S. The van der Waals surface area contributed by atoms with Crippen LogP contribution in [0.2, 0.25) is 5.02 Å². The van der Waals surface area contributed by atoms with E-state index >= 15 is 0 Å². The summed E-state index contributed by atoms with van der Waals surface area (Å²) in [6, 6.07) is 9.69. The molecule has 0 fully saturated rings. The van der Waals surface area contributed by atoms with Gasteiger partial charge in [-0.1, -0.05) is 11.6 Å². The molecule has 3 aromatic rings. The zero-order chi connectivity index (χ0) is 17.3. The van der Waals surface area contributed by atoms with Crippen LogP contribution in [-0.2, 0) is 10.0 Å². The largest absolute Gasteiger partial charge is 0.441 e. The number of benzene rings is 2. The SMILES string of the molecule is Cc1ncc(-c2ccc(S(=O)(=O)Nc3ccc(Cl)cc3F)cc2)o1. The zero-order valence-electron chi connectivity index (χ0n) is 12.5. The molecule has 1 aromatic heterocycles. The van der Waals surface area contributed by atoms with Crippen LogP contribution in [0.25, 0.3) is 11.3 Å². The van der Waals surface area contributed by atoms with E-state index in [2.05, 4.69) is 9.71 Å². The number of nitrogens with one attached hydrogen (secondary N) is 1. The van der Waals surface area contributed by atoms with Gasteiger partial charge in [0.2, 0.25) is 0 Å². The standard InChI is InChI=1S/C16H12ClFN2O3S/c1-10-19-9-16(23-10)11-2-5-13(6-3-11)24(21,22)20-15-7-4-12(17)8-14(15)18/h2-9,20H,1H3. The first-order valence-corrected chi connectivity index (χ1v) is 8.72. The highest BCUT2D eigenvalue weighted by Gasteiger charge is 2.17. The minimum atomic E-state index is -3.92. The van der Waals surface area contributed by atoms with Crippen molar-refractivity contribution >= 4 is 27.3 Å². The third kappa shape index (κ3) is 3.42. The summed E-state index contributed by atoms with van der Waals surface area (Å²) in [6.45, 7) is 1.72. The molecule has 1 N–H and O–H groups in total. The van der Waals surface area contributed by atoms with Gasteiger partial charge in [-0.05, 0) is 42.5 Å². The summed E-state index contributed by atoms with van der Waals surface area (Å²) in [4.78, 5) is 3.98. The van der Waals surface area contributed by atoms with Crippen LogP contribution in [0.3, 0.4) is 0 Å². The Bertz CT molecular complexity index is 985. The molecule has 5 nitrogen and oxygen atoms in total. The fraction of sp³-hybridized carbons (Fsp3) is 0.0625. The van der Waals surface area contributed by atoms with Crippen LogP contribution in [0, 0.1) is 12.7 Å². The van der Waals surface area contributed by atoms with E-state index in [1.165, 1.54) is 24.3 Å². The fourth-order valence-corrected chi connectivity index (χ4v) is 3.30. The number of aromatic nitrogens is 1. The second-order valence-corrected chi connectivity index (χ2v) is 7.12. The topological polar surface area (TPSA) is 72.2 Å². The van der Waals surface area contributed by atoms with Crippen LogP contribution < -0.4 is 4.72 Å². The number of oxazole rings is 1. The zero-order valence-corrected chi connectivity index (χ0v) is 14.0. The predicted octanol–water partition coefficient (Wildman–Crippen LogP) is 4.24. The molecule has 1 heterocycles. The van der Waals surface area contributed by atoms with E-state index in [4.69, 9.17) is 16.0 Å². The molecule has 0 bridgehead atoms. The number of hydrogen-bond donors (Lipinski definition) is 1. The molecule has 0 saturated carbocycles. The second-order valence-electron chi connectivity index (χ2n) is 5.00. The monoisotopic (exact) mass is 366 g/mol. The fourth-order valence-electron chi connectivity index (χ4n) is 2.07. The lowest BCUT2D eigenvalue weighted by molar-refractivity contribution is 0.534. The maximum atomic E-state index is 13.8. The number of sulfonamides is 1. The third-order valence-corrected chi connectivity index (χ3v) is 4.86. The Morgan fingerprint density at radius 3 is 2.46 bits per heavy atom. The lowest BCUT2D eigenvalue weighted by Crippen LogP contribution is -2.13. The highest BCUT2D eigenvalue weighted by Crippen LogP contribution is 2.25. The number of anilines is 1. The Labute approximate surface area is 143 Å². The van der Waals surface area contributed by atoms with Crippen LogP contribution in [-0.4, -0.2) is 13.4 Å². The molecule has 0 amide bonds. The molecule has 8 heteroatoms. The van der Waals surface area contributed by atoms with Gasteiger partial charge in [-0.25, -0.2) is 17.8 Å². The molecule has 0 spiro atoms. The lowest BCUT2D eigenvalue weighted by Gasteiger charge is -2.09. The Morgan fingerprint density at radius 1 is 1.17 bits per heavy atom. The van der Waals surface area contributed by atoms with E-state index in [0.717, 1.165) is 6.07 Å². The molecule has 0 aliphatic rings. The molecule has 0 atom stereocenters. The van der Waals surface area contributed by atoms with E-state index < -0.39 is 15.8 Å². The molecule has 0 unspecified atom stereocenters. The number of halogens is 2. The molecule has 124 valence electrons. The summed E-state index contributed by atoms with van der Waals surface area (Å²) in [5.41, 5.74) is 0.515. The summed E-state index contributed by atoms with van der Waals surface area (Å²) in [7, 11) is -3.92. The van der Waals surface area contributed by atoms with Crippen LogP contribution in [0.5, 0.6) is 0 Å². The minimum Gasteiger partial charge on any atom is -0.441 e. The number of nitrogens with zero attached hydrogens (tertiary/aromatic N) is 1. The molecule has 0 aliphatic carbocycles. The van der Waals surface area contributed by atoms with E-state index in [0.29, 0.717) is 17.2 Å². The van der Waals surface area contributed by atoms with Gasteiger partial charge in [-0.15, -0.1) is 0 Å². The van der Waals surface area contributed by atoms with Gasteiger partial charge < -0.3 is 4.42 Å². The van der Waals surface area contributed by atoms with Crippen molar-refractivity contribution in [3.8, 4) is 11.3 Å². The van der Waals surface area contributed by atoms with Gasteiger partial charge in [-0.3, -0.25) is 4.72 Å². The highest BCUT2D eigenvalue weighted by molar-refractivity contribution is 7.92. The summed E-state index contributed by atoms with van der Waals surface area (Å²) in [5, 5.41) is 0.183. The summed E-state index contributed by atoms with van der Waals surface area (Å²) < 4.78 is 46.0. The summed E-state index contributed by atoms with van der Waals surface area (Å²) >= 11 is 5.65. The van der Waals surface area contributed by atoms with E-state index in [1.807, 2.05) is 0 Å². The molecule has 24 heavy (non-hydrogen) atoms. The van der Waals surface area contributed by atoms with Crippen LogP contribution >= 0.6 is 11.6 Å². The van der Waals surface area contributed by atoms with Gasteiger partial charge >= 0.3 is 0 Å². The van der Waals surface area contributed by atoms with Crippen molar-refractivity contribution in [2.45, 2.75) is 11.8 Å². The van der Waals surface area contributed by atoms with E-state index in [-0.39, 0.29) is 15.6 Å². The average molecular weight is 367 g/mol. The van der Waals surface area contributed by atoms with Crippen molar-refractivity contribution in [2.75, 3.05) is 4.72 Å². The van der Waals surface area contributed by atoms with Crippen molar-refractivity contribution in [2.24, 2.45) is 0 Å². The highest BCUT2D eigenvalue weighted by atomic mass is 35.5. The van der Waals surface area contributed by atoms with Crippen LogP contribution in [0.4, 0.5) is 10.1 Å². The first-order valence-electron chi connectivity index (χ1n) is 6.86. The van der Waals surface area contributed by atoms with Crippen LogP contribution in [0.15, 0.2) is 58.0 Å². The number of aryl methyl sites for hydroxylation is 1. The first kappa shape index (κ1) is 16.5. The Morgan fingerprint density at radius 2 is 1.88 bits per heavy atom. The van der Waals surface area contributed by atoms with Gasteiger partial charge in [-0.2, -0.15) is 0 Å². The van der Waals surface area contributed by atoms with Gasteiger partial charge in [0.05, 0.1) is 16.8 Å². The van der Waals surface area contributed by atoms with E-state index in [9.17, 15) is 12.8 Å². The predicted molar refractivity (Wildman–Crippen MR) is 88.9 cm³/mol. The molecule has 0 saturated heterocycles. The van der Waals surface area contributed by atoms with E-state index in [1.54, 1.807) is 25.3 Å². The van der Waals surface area contributed by atoms with Crippen molar-refractivity contribution in [1.82, 2.24) is 4.98 Å². The molecule has 0 aliphatic heterocycles. The Kier molecular flexibility index (Phi) is 4.29. The average Bonchev–Trinajstić information content (AvgIpc) is 2.97. The summed E-state index contributed by atoms with van der Waals surface area (Å²) in [6.07, 6.45) is 1.56. The quantitative estimate of drug-likeness (QED) is 0.749. The molecule has 3 rings (SSSR count). The third-order valence-electron chi connectivity index (χ3n) is 3.25. The van der Waals surface area contributed by atoms with Crippen molar-refractivity contribution in [3.63, 3.8) is 0 Å². The van der Waals surface area contributed by atoms with Crippen molar-refractivity contribution in [1.29, 1.82) is 0 Å². The smallest absolute Gasteiger partial charge is 0.261 e. The summed E-state index contributed by atoms with van der Waals surface area (Å²) in [5.74, 6) is 0.301. The molecule has 0 radical (unpaired) electrons. The van der Waals surface area contributed by atoms with Gasteiger partial charge in [0.15, 0.2) is 11.7 Å². The van der Waals surface area contributed by atoms with Crippen molar-refractivity contribution in [3.05, 3.63) is 65.4 Å². The number of hydrogen-bond acceptors (Lipinski definition) is 4. The molecular weight excluding hydrogens is 355 g/mol. The second kappa shape index (κ2) is 6.26. The van der Waals surface area contributed by atoms with Gasteiger partial charge in [0.1, 0.15) is 5.82 Å². The van der Waals surface area contributed by atoms with Crippen molar-refractivity contribution < 1.29 is 17.2 Å². The maximum Gasteiger partial charge on any atom is 0.261 e. The number of rotatable bonds is 4. The minimum absolute atomic E-state index is 0.00293. The lowest BCUT2D eigenvalue weighted by atomic mass is 10.2. The van der Waals surface area contributed by atoms with Gasteiger partial charge in [0, 0.05) is 17.5 Å². The first-order chi connectivity index (χ1) is 11.3. The normalized spacial score (nSPS) is 11.5. The van der Waals surface area contributed by atoms with Crippen LogP contribution in [0.1, 0.15) is 5.89 Å². The Balaban J connectivity index is 1.87. The van der Waals surface area contributed by atoms with Gasteiger partial charge in [0.25, 0.3) is 10.0 Å². The Hall–Kier alpha value is -2.38.